The van der Waals surface area contributed by atoms with Gasteiger partial charge in [-0.25, -0.2) is 0 Å². The van der Waals surface area contributed by atoms with Crippen LogP contribution >= 0.6 is 12.2 Å². The summed E-state index contributed by atoms with van der Waals surface area (Å²) in [4.78, 5) is 14.4. The third-order valence-corrected chi connectivity index (χ3v) is 3.86. The standard InChI is InChI=1S/C15H30N2OS/c1-4-6-7-8-9-10-11-14(18)17(5-2)12-13(3)15(16)19/h13H,4-12H2,1-3H3,(H2,16,19). The molecule has 0 aromatic heterocycles. The average Bonchev–Trinajstić information content (AvgIpc) is 2.39. The van der Waals surface area contributed by atoms with E-state index in [0.29, 0.717) is 18.0 Å². The Labute approximate surface area is 123 Å². The largest absolute Gasteiger partial charge is 0.393 e. The lowest BCUT2D eigenvalue weighted by Gasteiger charge is -2.24. The van der Waals surface area contributed by atoms with Gasteiger partial charge >= 0.3 is 0 Å². The number of unbranched alkanes of at least 4 members (excludes halogenated alkanes) is 5. The molecule has 0 aliphatic heterocycles. The van der Waals surface area contributed by atoms with Crippen LogP contribution in [0, 0.1) is 5.92 Å². The van der Waals surface area contributed by atoms with Crippen molar-refractivity contribution in [3.63, 3.8) is 0 Å². The summed E-state index contributed by atoms with van der Waals surface area (Å²) in [6.45, 7) is 7.59. The highest BCUT2D eigenvalue weighted by atomic mass is 32.1. The molecule has 0 spiro atoms. The summed E-state index contributed by atoms with van der Waals surface area (Å²) in [5.41, 5.74) is 5.60. The smallest absolute Gasteiger partial charge is 0.222 e. The highest BCUT2D eigenvalue weighted by Gasteiger charge is 2.15. The molecule has 2 N–H and O–H groups in total. The second-order valence-corrected chi connectivity index (χ2v) is 5.72. The first-order valence-corrected chi connectivity index (χ1v) is 8.00. The van der Waals surface area contributed by atoms with Gasteiger partial charge in [0.25, 0.3) is 0 Å². The summed E-state index contributed by atoms with van der Waals surface area (Å²) in [5, 5.41) is 0. The lowest BCUT2D eigenvalue weighted by atomic mass is 10.1. The molecule has 1 amide bonds. The molecule has 0 radical (unpaired) electrons. The van der Waals surface area contributed by atoms with Gasteiger partial charge in [0.15, 0.2) is 0 Å². The van der Waals surface area contributed by atoms with Crippen molar-refractivity contribution in [3.8, 4) is 0 Å². The molecular weight excluding hydrogens is 256 g/mol. The number of rotatable bonds is 11. The van der Waals surface area contributed by atoms with Gasteiger partial charge in [0.1, 0.15) is 0 Å². The highest BCUT2D eigenvalue weighted by molar-refractivity contribution is 7.80. The number of hydrogen-bond acceptors (Lipinski definition) is 2. The van der Waals surface area contributed by atoms with Crippen LogP contribution in [-0.2, 0) is 4.79 Å². The van der Waals surface area contributed by atoms with Crippen molar-refractivity contribution in [3.05, 3.63) is 0 Å². The SMILES string of the molecule is CCCCCCCCC(=O)N(CC)CC(C)C(N)=S. The van der Waals surface area contributed by atoms with E-state index in [-0.39, 0.29) is 11.8 Å². The predicted octanol–water partition coefficient (Wildman–Crippen LogP) is 3.51. The highest BCUT2D eigenvalue weighted by Crippen LogP contribution is 2.09. The molecule has 1 atom stereocenters. The van der Waals surface area contributed by atoms with Gasteiger partial charge in [-0.15, -0.1) is 0 Å². The molecule has 0 saturated heterocycles. The topological polar surface area (TPSA) is 46.3 Å². The normalized spacial score (nSPS) is 12.2. The molecule has 112 valence electrons. The van der Waals surface area contributed by atoms with Crippen molar-refractivity contribution in [1.29, 1.82) is 0 Å². The van der Waals surface area contributed by atoms with Gasteiger partial charge in [0.05, 0.1) is 4.99 Å². The minimum atomic E-state index is 0.100. The van der Waals surface area contributed by atoms with Crippen molar-refractivity contribution in [2.45, 2.75) is 65.7 Å². The zero-order valence-corrected chi connectivity index (χ0v) is 13.6. The lowest BCUT2D eigenvalue weighted by Crippen LogP contribution is -2.38. The number of nitrogens with two attached hydrogens (primary N) is 1. The summed E-state index contributed by atoms with van der Waals surface area (Å²) in [5.74, 6) is 0.338. The van der Waals surface area contributed by atoms with E-state index in [9.17, 15) is 4.79 Å². The Morgan fingerprint density at radius 3 is 2.26 bits per heavy atom. The van der Waals surface area contributed by atoms with Crippen molar-refractivity contribution < 1.29 is 4.79 Å². The molecule has 0 aromatic carbocycles. The van der Waals surface area contributed by atoms with Gasteiger partial charge < -0.3 is 10.6 Å². The number of thiocarbonyl (C=S) groups is 1. The summed E-state index contributed by atoms with van der Waals surface area (Å²) in [6.07, 6.45) is 7.93. The van der Waals surface area contributed by atoms with Crippen LogP contribution in [0.4, 0.5) is 0 Å². The van der Waals surface area contributed by atoms with Crippen molar-refractivity contribution in [2.75, 3.05) is 13.1 Å². The fourth-order valence-corrected chi connectivity index (χ4v) is 2.12. The molecule has 0 fully saturated rings. The van der Waals surface area contributed by atoms with E-state index in [0.717, 1.165) is 19.4 Å². The lowest BCUT2D eigenvalue weighted by molar-refractivity contribution is -0.131. The number of carbonyl (C=O) groups is 1. The van der Waals surface area contributed by atoms with E-state index in [1.54, 1.807) is 0 Å². The summed E-state index contributed by atoms with van der Waals surface area (Å²) in [6, 6.07) is 0. The van der Waals surface area contributed by atoms with Gasteiger partial charge in [0.2, 0.25) is 5.91 Å². The molecule has 4 heteroatoms. The molecule has 19 heavy (non-hydrogen) atoms. The van der Waals surface area contributed by atoms with E-state index in [1.807, 2.05) is 18.7 Å². The minimum Gasteiger partial charge on any atom is -0.393 e. The maximum Gasteiger partial charge on any atom is 0.222 e. The Morgan fingerprint density at radius 2 is 1.74 bits per heavy atom. The van der Waals surface area contributed by atoms with Gasteiger partial charge in [-0.05, 0) is 13.3 Å². The first-order chi connectivity index (χ1) is 9.02. The Hall–Kier alpha value is -0.640. The Morgan fingerprint density at radius 1 is 1.16 bits per heavy atom. The maximum atomic E-state index is 12.1. The van der Waals surface area contributed by atoms with Crippen molar-refractivity contribution in [1.82, 2.24) is 4.90 Å². The van der Waals surface area contributed by atoms with Crippen molar-refractivity contribution >= 4 is 23.1 Å². The molecule has 0 aromatic rings. The van der Waals surface area contributed by atoms with Gasteiger partial charge in [0, 0.05) is 25.4 Å². The molecule has 3 nitrogen and oxygen atoms in total. The van der Waals surface area contributed by atoms with E-state index in [2.05, 4.69) is 6.92 Å². The monoisotopic (exact) mass is 286 g/mol. The van der Waals surface area contributed by atoms with E-state index >= 15 is 0 Å². The first kappa shape index (κ1) is 18.4. The van der Waals surface area contributed by atoms with Crippen LogP contribution in [0.2, 0.25) is 0 Å². The third-order valence-electron chi connectivity index (χ3n) is 3.46. The minimum absolute atomic E-state index is 0.100. The van der Waals surface area contributed by atoms with Crippen LogP contribution < -0.4 is 5.73 Å². The average molecular weight is 286 g/mol. The third kappa shape index (κ3) is 8.98. The number of amides is 1. The molecule has 0 bridgehead atoms. The fraction of sp³-hybridized carbons (Fsp3) is 0.867. The molecule has 0 rings (SSSR count). The molecule has 0 aliphatic rings. The zero-order chi connectivity index (χ0) is 14.7. The fourth-order valence-electron chi connectivity index (χ4n) is 2.04. The molecule has 0 heterocycles. The van der Waals surface area contributed by atoms with E-state index in [1.165, 1.54) is 25.7 Å². The van der Waals surface area contributed by atoms with Crippen LogP contribution in [0.3, 0.4) is 0 Å². The molecule has 0 aliphatic carbocycles. The van der Waals surface area contributed by atoms with E-state index < -0.39 is 0 Å². The number of carbonyl (C=O) groups excluding carboxylic acids is 1. The van der Waals surface area contributed by atoms with Crippen molar-refractivity contribution in [2.24, 2.45) is 11.7 Å². The van der Waals surface area contributed by atoms with Crippen LogP contribution in [0.15, 0.2) is 0 Å². The summed E-state index contributed by atoms with van der Waals surface area (Å²) < 4.78 is 0. The summed E-state index contributed by atoms with van der Waals surface area (Å²) in [7, 11) is 0. The quantitative estimate of drug-likeness (QED) is 0.467. The Balaban J connectivity index is 3.85. The van der Waals surface area contributed by atoms with Gasteiger partial charge in [-0.3, -0.25) is 4.79 Å². The maximum absolute atomic E-state index is 12.1. The van der Waals surface area contributed by atoms with Gasteiger partial charge in [-0.2, -0.15) is 0 Å². The van der Waals surface area contributed by atoms with Gasteiger partial charge in [-0.1, -0.05) is 58.2 Å². The number of nitrogens with zero attached hydrogens (tertiary/aromatic N) is 1. The first-order valence-electron chi connectivity index (χ1n) is 7.60. The molecule has 1 unspecified atom stereocenters. The number of hydrogen-bond donors (Lipinski definition) is 1. The van der Waals surface area contributed by atoms with E-state index in [4.69, 9.17) is 18.0 Å². The molecular formula is C15H30N2OS. The van der Waals surface area contributed by atoms with Crippen LogP contribution in [0.5, 0.6) is 0 Å². The van der Waals surface area contributed by atoms with Crippen LogP contribution in [0.1, 0.15) is 65.7 Å². The second kappa shape index (κ2) is 11.2. The zero-order valence-electron chi connectivity index (χ0n) is 12.8. The molecule has 0 saturated carbocycles. The predicted molar refractivity (Wildman–Crippen MR) is 86.2 cm³/mol. The Bertz CT molecular complexity index is 269. The second-order valence-electron chi connectivity index (χ2n) is 5.25. The van der Waals surface area contributed by atoms with Crippen LogP contribution in [0.25, 0.3) is 0 Å². The summed E-state index contributed by atoms with van der Waals surface area (Å²) >= 11 is 4.96. The Kier molecular flexibility index (Phi) is 10.8. The van der Waals surface area contributed by atoms with Crippen LogP contribution in [-0.4, -0.2) is 28.9 Å².